The van der Waals surface area contributed by atoms with E-state index in [9.17, 15) is 0 Å². The van der Waals surface area contributed by atoms with Crippen molar-refractivity contribution in [2.45, 2.75) is 19.4 Å². The third-order valence-electron chi connectivity index (χ3n) is 1.27. The van der Waals surface area contributed by atoms with Crippen LogP contribution in [0.25, 0.3) is 0 Å². The fraction of sp³-hybridized carbons (Fsp3) is 1.00. The molecule has 0 radical (unpaired) electrons. The first-order valence-corrected chi connectivity index (χ1v) is 3.01. The minimum absolute atomic E-state index is 0.528. The van der Waals surface area contributed by atoms with Crippen molar-refractivity contribution in [1.29, 1.82) is 0 Å². The zero-order chi connectivity index (χ0) is 6.41. The van der Waals surface area contributed by atoms with Gasteiger partial charge in [-0.1, -0.05) is 6.92 Å². The van der Waals surface area contributed by atoms with Gasteiger partial charge in [0.1, 0.15) is 0 Å². The minimum atomic E-state index is 0.528. The van der Waals surface area contributed by atoms with Gasteiger partial charge in [-0.2, -0.15) is 0 Å². The molecule has 0 aromatic rings. The number of hydrogen-bond donors (Lipinski definition) is 1. The molecule has 0 amide bonds. The third kappa shape index (κ3) is 2.99. The van der Waals surface area contributed by atoms with Gasteiger partial charge in [0, 0.05) is 13.2 Å². The maximum Gasteiger partial charge on any atom is 0.0615 e. The average Bonchev–Trinajstić information content (AvgIpc) is 1.83. The predicted molar refractivity (Wildman–Crippen MR) is 35.0 cm³/mol. The van der Waals surface area contributed by atoms with Crippen molar-refractivity contribution in [1.82, 2.24) is 5.32 Å². The van der Waals surface area contributed by atoms with Gasteiger partial charge in [-0.15, -0.1) is 0 Å². The second-order valence-electron chi connectivity index (χ2n) is 1.85. The second kappa shape index (κ2) is 5.06. The molecule has 0 aromatic heterocycles. The number of ether oxygens (including phenoxy) is 1. The predicted octanol–water partition coefficient (Wildman–Crippen LogP) is 0.631. The molecular formula is C6H15NO. The summed E-state index contributed by atoms with van der Waals surface area (Å²) in [5, 5.41) is 3.13. The highest BCUT2D eigenvalue weighted by molar-refractivity contribution is 4.58. The lowest BCUT2D eigenvalue weighted by molar-refractivity contribution is 0.168. The van der Waals surface area contributed by atoms with Gasteiger partial charge in [-0.3, -0.25) is 0 Å². The van der Waals surface area contributed by atoms with E-state index in [1.54, 1.807) is 7.11 Å². The molecule has 0 bridgehead atoms. The van der Waals surface area contributed by atoms with Crippen molar-refractivity contribution in [2.24, 2.45) is 0 Å². The van der Waals surface area contributed by atoms with Gasteiger partial charge in [-0.25, -0.2) is 0 Å². The lowest BCUT2D eigenvalue weighted by atomic mass is 10.2. The topological polar surface area (TPSA) is 21.3 Å². The molecule has 0 aliphatic rings. The number of hydrogen-bond acceptors (Lipinski definition) is 2. The molecular weight excluding hydrogens is 102 g/mol. The molecule has 0 heterocycles. The summed E-state index contributed by atoms with van der Waals surface area (Å²) in [6, 6.07) is 0.528. The van der Waals surface area contributed by atoms with E-state index in [-0.39, 0.29) is 0 Å². The molecule has 1 atom stereocenters. The van der Waals surface area contributed by atoms with Crippen LogP contribution in [-0.2, 0) is 4.74 Å². The number of rotatable bonds is 4. The number of methoxy groups -OCH3 is 1. The van der Waals surface area contributed by atoms with E-state index < -0.39 is 0 Å². The SMILES string of the molecule is CC[C@H](COC)NC. The van der Waals surface area contributed by atoms with Crippen molar-refractivity contribution in [3.63, 3.8) is 0 Å². The Hall–Kier alpha value is -0.0800. The lowest BCUT2D eigenvalue weighted by Gasteiger charge is -2.10. The molecule has 2 nitrogen and oxygen atoms in total. The standard InChI is InChI=1S/C6H15NO/c1-4-6(7-2)5-8-3/h6-7H,4-5H2,1-3H3/t6-/m1/s1. The van der Waals surface area contributed by atoms with E-state index >= 15 is 0 Å². The van der Waals surface area contributed by atoms with Crippen molar-refractivity contribution in [3.05, 3.63) is 0 Å². The Kier molecular flexibility index (Phi) is 5.01. The van der Waals surface area contributed by atoms with Crippen LogP contribution >= 0.6 is 0 Å². The van der Waals surface area contributed by atoms with Crippen LogP contribution in [0.1, 0.15) is 13.3 Å². The van der Waals surface area contributed by atoms with Crippen LogP contribution in [0.5, 0.6) is 0 Å². The fourth-order valence-electron chi connectivity index (χ4n) is 0.606. The van der Waals surface area contributed by atoms with E-state index in [0.717, 1.165) is 13.0 Å². The van der Waals surface area contributed by atoms with Crippen molar-refractivity contribution < 1.29 is 4.74 Å². The van der Waals surface area contributed by atoms with Gasteiger partial charge in [0.25, 0.3) is 0 Å². The molecule has 0 unspecified atom stereocenters. The molecule has 50 valence electrons. The van der Waals surface area contributed by atoms with E-state index in [1.165, 1.54) is 0 Å². The highest BCUT2D eigenvalue weighted by atomic mass is 16.5. The maximum absolute atomic E-state index is 4.92. The Morgan fingerprint density at radius 1 is 1.62 bits per heavy atom. The Morgan fingerprint density at radius 2 is 2.25 bits per heavy atom. The highest BCUT2D eigenvalue weighted by Gasteiger charge is 1.98. The summed E-state index contributed by atoms with van der Waals surface area (Å²) in [7, 11) is 3.67. The van der Waals surface area contributed by atoms with Gasteiger partial charge in [0.2, 0.25) is 0 Å². The molecule has 0 aliphatic heterocycles. The first kappa shape index (κ1) is 7.92. The normalized spacial score (nSPS) is 13.9. The lowest BCUT2D eigenvalue weighted by Crippen LogP contribution is -2.28. The Balaban J connectivity index is 3.07. The average molecular weight is 117 g/mol. The van der Waals surface area contributed by atoms with Gasteiger partial charge in [0.05, 0.1) is 6.61 Å². The zero-order valence-corrected chi connectivity index (χ0v) is 5.90. The molecule has 0 fully saturated rings. The maximum atomic E-state index is 4.92. The van der Waals surface area contributed by atoms with Crippen LogP contribution in [0, 0.1) is 0 Å². The summed E-state index contributed by atoms with van der Waals surface area (Å²) in [4.78, 5) is 0. The summed E-state index contributed by atoms with van der Waals surface area (Å²) >= 11 is 0. The zero-order valence-electron chi connectivity index (χ0n) is 5.90. The molecule has 0 saturated heterocycles. The van der Waals surface area contributed by atoms with Gasteiger partial charge in [-0.05, 0) is 13.5 Å². The Labute approximate surface area is 51.2 Å². The largest absolute Gasteiger partial charge is 0.383 e. The molecule has 0 aliphatic carbocycles. The van der Waals surface area contributed by atoms with Crippen molar-refractivity contribution >= 4 is 0 Å². The van der Waals surface area contributed by atoms with Crippen molar-refractivity contribution in [3.8, 4) is 0 Å². The van der Waals surface area contributed by atoms with E-state index in [1.807, 2.05) is 7.05 Å². The summed E-state index contributed by atoms with van der Waals surface area (Å²) in [6.45, 7) is 2.95. The fourth-order valence-corrected chi connectivity index (χ4v) is 0.606. The summed E-state index contributed by atoms with van der Waals surface area (Å²) in [6.07, 6.45) is 1.13. The van der Waals surface area contributed by atoms with Crippen LogP contribution in [0.3, 0.4) is 0 Å². The van der Waals surface area contributed by atoms with Crippen LogP contribution < -0.4 is 5.32 Å². The first-order valence-electron chi connectivity index (χ1n) is 3.01. The third-order valence-corrected chi connectivity index (χ3v) is 1.27. The molecule has 1 N–H and O–H groups in total. The smallest absolute Gasteiger partial charge is 0.0615 e. The molecule has 0 spiro atoms. The Morgan fingerprint density at radius 3 is 2.38 bits per heavy atom. The van der Waals surface area contributed by atoms with E-state index in [2.05, 4.69) is 12.2 Å². The highest BCUT2D eigenvalue weighted by Crippen LogP contribution is 1.87. The van der Waals surface area contributed by atoms with Crippen LogP contribution in [0.4, 0.5) is 0 Å². The van der Waals surface area contributed by atoms with Crippen molar-refractivity contribution in [2.75, 3.05) is 20.8 Å². The monoisotopic (exact) mass is 117 g/mol. The van der Waals surface area contributed by atoms with Crippen LogP contribution in [0.15, 0.2) is 0 Å². The minimum Gasteiger partial charge on any atom is -0.383 e. The summed E-state index contributed by atoms with van der Waals surface area (Å²) in [5.41, 5.74) is 0. The molecule has 2 heteroatoms. The van der Waals surface area contributed by atoms with Gasteiger partial charge in [0.15, 0.2) is 0 Å². The molecule has 0 saturated carbocycles. The van der Waals surface area contributed by atoms with Gasteiger partial charge < -0.3 is 10.1 Å². The van der Waals surface area contributed by atoms with Gasteiger partial charge >= 0.3 is 0 Å². The first-order chi connectivity index (χ1) is 3.85. The van der Waals surface area contributed by atoms with E-state index in [4.69, 9.17) is 4.74 Å². The molecule has 0 rings (SSSR count). The summed E-state index contributed by atoms with van der Waals surface area (Å²) < 4.78 is 4.92. The van der Waals surface area contributed by atoms with E-state index in [0.29, 0.717) is 6.04 Å². The van der Waals surface area contributed by atoms with Crippen LogP contribution in [0.2, 0.25) is 0 Å². The number of likely N-dealkylation sites (N-methyl/N-ethyl adjacent to an activating group) is 1. The molecule has 8 heavy (non-hydrogen) atoms. The quantitative estimate of drug-likeness (QED) is 0.583. The number of nitrogens with one attached hydrogen (secondary N) is 1. The summed E-state index contributed by atoms with van der Waals surface area (Å²) in [5.74, 6) is 0. The second-order valence-corrected chi connectivity index (χ2v) is 1.85. The van der Waals surface area contributed by atoms with Crippen LogP contribution in [-0.4, -0.2) is 26.8 Å². The Bertz CT molecular complexity index is 43.8. The molecule has 0 aromatic carbocycles.